The highest BCUT2D eigenvalue weighted by atomic mass is 35.5. The molecule has 2 rings (SSSR count). The Hall–Kier alpha value is -1.39. The van der Waals surface area contributed by atoms with Crippen molar-refractivity contribution in [1.29, 1.82) is 0 Å². The Bertz CT molecular complexity index is 470. The maximum Gasteiger partial charge on any atom is 0.146 e. The third-order valence-electron chi connectivity index (χ3n) is 2.35. The monoisotopic (exact) mass is 239 g/mol. The van der Waals surface area contributed by atoms with Gasteiger partial charge in [-0.05, 0) is 6.07 Å². The molecule has 0 bridgehead atoms. The van der Waals surface area contributed by atoms with Gasteiger partial charge in [0.25, 0.3) is 0 Å². The van der Waals surface area contributed by atoms with Crippen molar-refractivity contribution in [1.82, 2.24) is 9.97 Å². The van der Waals surface area contributed by atoms with Gasteiger partial charge < -0.3 is 10.7 Å². The van der Waals surface area contributed by atoms with E-state index in [2.05, 4.69) is 9.97 Å². The van der Waals surface area contributed by atoms with Gasteiger partial charge in [-0.25, -0.2) is 9.37 Å². The lowest BCUT2D eigenvalue weighted by molar-refractivity contribution is 0.576. The van der Waals surface area contributed by atoms with Crippen molar-refractivity contribution in [3.8, 4) is 0 Å². The van der Waals surface area contributed by atoms with Gasteiger partial charge in [-0.3, -0.25) is 0 Å². The highest BCUT2D eigenvalue weighted by Crippen LogP contribution is 2.23. The van der Waals surface area contributed by atoms with Gasteiger partial charge in [-0.2, -0.15) is 0 Å². The number of rotatable bonds is 3. The summed E-state index contributed by atoms with van der Waals surface area (Å²) in [7, 11) is 0. The maximum absolute atomic E-state index is 13.6. The molecule has 0 amide bonds. The lowest BCUT2D eigenvalue weighted by Crippen LogP contribution is -2.15. The zero-order valence-corrected chi connectivity index (χ0v) is 9.21. The lowest BCUT2D eigenvalue weighted by atomic mass is 10.0. The van der Waals surface area contributed by atoms with E-state index in [1.807, 2.05) is 0 Å². The fourth-order valence-electron chi connectivity index (χ4n) is 1.53. The highest BCUT2D eigenvalue weighted by Gasteiger charge is 2.14. The van der Waals surface area contributed by atoms with Crippen LogP contribution in [0, 0.1) is 5.82 Å². The van der Waals surface area contributed by atoms with Gasteiger partial charge in [-0.1, -0.05) is 23.7 Å². The zero-order valence-electron chi connectivity index (χ0n) is 8.45. The molecule has 0 aliphatic heterocycles. The Morgan fingerprint density at radius 3 is 3.00 bits per heavy atom. The summed E-state index contributed by atoms with van der Waals surface area (Å²) in [6.45, 7) is 0. The summed E-state index contributed by atoms with van der Waals surface area (Å²) in [5.74, 6) is 0.273. The average molecular weight is 240 g/mol. The second kappa shape index (κ2) is 4.63. The molecule has 0 spiro atoms. The van der Waals surface area contributed by atoms with Crippen LogP contribution < -0.4 is 5.73 Å². The Kier molecular flexibility index (Phi) is 3.22. The normalized spacial score (nSPS) is 12.7. The van der Waals surface area contributed by atoms with Crippen molar-refractivity contribution in [2.24, 2.45) is 5.73 Å². The van der Waals surface area contributed by atoms with Crippen molar-refractivity contribution in [2.75, 3.05) is 0 Å². The summed E-state index contributed by atoms with van der Waals surface area (Å²) in [6, 6.07) is 4.36. The predicted octanol–water partition coefficient (Wildman–Crippen LogP) is 2.44. The Labute approximate surface area is 97.5 Å². The number of hydrogen-bond donors (Lipinski definition) is 2. The number of imidazole rings is 1. The van der Waals surface area contributed by atoms with E-state index in [9.17, 15) is 4.39 Å². The first-order chi connectivity index (χ1) is 7.68. The topological polar surface area (TPSA) is 54.7 Å². The molecule has 84 valence electrons. The second-order valence-corrected chi connectivity index (χ2v) is 3.90. The van der Waals surface area contributed by atoms with E-state index in [1.165, 1.54) is 6.07 Å². The fourth-order valence-corrected chi connectivity index (χ4v) is 1.72. The summed E-state index contributed by atoms with van der Waals surface area (Å²) in [6.07, 6.45) is 3.79. The zero-order chi connectivity index (χ0) is 11.5. The van der Waals surface area contributed by atoms with Crippen LogP contribution in [0.1, 0.15) is 17.4 Å². The Morgan fingerprint density at radius 2 is 2.31 bits per heavy atom. The first-order valence-corrected chi connectivity index (χ1v) is 5.24. The van der Waals surface area contributed by atoms with Crippen LogP contribution in [0.3, 0.4) is 0 Å². The molecule has 3 N–H and O–H groups in total. The summed E-state index contributed by atoms with van der Waals surface area (Å²) in [4.78, 5) is 6.97. The largest absolute Gasteiger partial charge is 0.349 e. The molecular formula is C11H11ClFN3. The van der Waals surface area contributed by atoms with E-state index in [0.29, 0.717) is 12.0 Å². The van der Waals surface area contributed by atoms with E-state index in [0.717, 1.165) is 5.82 Å². The standard InChI is InChI=1S/C11H11ClFN3/c12-8-3-1-2-7(11(8)13)9(14)6-10-15-4-5-16-10/h1-5,9H,6,14H2,(H,15,16). The van der Waals surface area contributed by atoms with E-state index in [4.69, 9.17) is 17.3 Å². The molecule has 2 aromatic rings. The van der Waals surface area contributed by atoms with Gasteiger partial charge in [0.1, 0.15) is 11.6 Å². The molecule has 1 aromatic carbocycles. The van der Waals surface area contributed by atoms with Crippen LogP contribution in [0.2, 0.25) is 5.02 Å². The second-order valence-electron chi connectivity index (χ2n) is 3.49. The molecule has 3 nitrogen and oxygen atoms in total. The summed E-state index contributed by atoms with van der Waals surface area (Å²) in [5, 5.41) is 0.0902. The van der Waals surface area contributed by atoms with Gasteiger partial charge >= 0.3 is 0 Å². The SMILES string of the molecule is NC(Cc1ncc[nH]1)c1cccc(Cl)c1F. The van der Waals surface area contributed by atoms with Gasteiger partial charge in [0.05, 0.1) is 5.02 Å². The molecule has 5 heteroatoms. The maximum atomic E-state index is 13.6. The molecule has 0 radical (unpaired) electrons. The number of aromatic nitrogens is 2. The van der Waals surface area contributed by atoms with Crippen LogP contribution in [0.5, 0.6) is 0 Å². The molecule has 1 heterocycles. The van der Waals surface area contributed by atoms with E-state index >= 15 is 0 Å². The van der Waals surface area contributed by atoms with Crippen LogP contribution in [-0.2, 0) is 6.42 Å². The number of H-pyrrole nitrogens is 1. The quantitative estimate of drug-likeness (QED) is 0.865. The number of nitrogens with one attached hydrogen (secondary N) is 1. The van der Waals surface area contributed by atoms with Crippen LogP contribution >= 0.6 is 11.6 Å². The summed E-state index contributed by atoms with van der Waals surface area (Å²) >= 11 is 5.69. The average Bonchev–Trinajstić information content (AvgIpc) is 2.74. The van der Waals surface area contributed by atoms with Crippen molar-refractivity contribution >= 4 is 11.6 Å². The van der Waals surface area contributed by atoms with Gasteiger partial charge in [0.2, 0.25) is 0 Å². The fraction of sp³-hybridized carbons (Fsp3) is 0.182. The van der Waals surface area contributed by atoms with E-state index in [1.54, 1.807) is 24.5 Å². The molecule has 0 saturated carbocycles. The first kappa shape index (κ1) is 11.1. The van der Waals surface area contributed by atoms with Crippen molar-refractivity contribution in [3.05, 3.63) is 52.8 Å². The Balaban J connectivity index is 2.21. The van der Waals surface area contributed by atoms with Gasteiger partial charge in [-0.15, -0.1) is 0 Å². The lowest BCUT2D eigenvalue weighted by Gasteiger charge is -2.12. The molecule has 0 fully saturated rings. The van der Waals surface area contributed by atoms with Gasteiger partial charge in [0, 0.05) is 30.4 Å². The third-order valence-corrected chi connectivity index (χ3v) is 2.64. The van der Waals surface area contributed by atoms with E-state index in [-0.39, 0.29) is 5.02 Å². The summed E-state index contributed by atoms with van der Waals surface area (Å²) in [5.41, 5.74) is 6.30. The number of nitrogens with two attached hydrogens (primary N) is 1. The minimum atomic E-state index is -0.455. The van der Waals surface area contributed by atoms with Crippen LogP contribution in [0.25, 0.3) is 0 Å². The molecule has 0 aliphatic rings. The Morgan fingerprint density at radius 1 is 1.50 bits per heavy atom. The molecule has 1 unspecified atom stereocenters. The molecule has 1 atom stereocenters. The number of halogens is 2. The van der Waals surface area contributed by atoms with E-state index < -0.39 is 11.9 Å². The number of benzene rings is 1. The van der Waals surface area contributed by atoms with Crippen molar-refractivity contribution in [2.45, 2.75) is 12.5 Å². The van der Waals surface area contributed by atoms with Crippen LogP contribution in [-0.4, -0.2) is 9.97 Å². The smallest absolute Gasteiger partial charge is 0.146 e. The van der Waals surface area contributed by atoms with Crippen molar-refractivity contribution in [3.63, 3.8) is 0 Å². The van der Waals surface area contributed by atoms with Crippen LogP contribution in [0.15, 0.2) is 30.6 Å². The third kappa shape index (κ3) is 2.23. The minimum Gasteiger partial charge on any atom is -0.349 e. The minimum absolute atomic E-state index is 0.0902. The molecule has 16 heavy (non-hydrogen) atoms. The highest BCUT2D eigenvalue weighted by molar-refractivity contribution is 6.30. The van der Waals surface area contributed by atoms with Crippen molar-refractivity contribution < 1.29 is 4.39 Å². The molecular weight excluding hydrogens is 229 g/mol. The van der Waals surface area contributed by atoms with Gasteiger partial charge in [0.15, 0.2) is 0 Å². The molecule has 0 saturated heterocycles. The predicted molar refractivity (Wildman–Crippen MR) is 60.6 cm³/mol. The molecule has 0 aliphatic carbocycles. The molecule has 1 aromatic heterocycles. The summed E-state index contributed by atoms with van der Waals surface area (Å²) < 4.78 is 13.6. The number of nitrogens with zero attached hydrogens (tertiary/aromatic N) is 1. The number of hydrogen-bond acceptors (Lipinski definition) is 2. The first-order valence-electron chi connectivity index (χ1n) is 4.86. The van der Waals surface area contributed by atoms with Crippen LogP contribution in [0.4, 0.5) is 4.39 Å². The number of aromatic amines is 1.